The van der Waals surface area contributed by atoms with Crippen LogP contribution >= 0.6 is 11.6 Å². The fraction of sp³-hybridized carbons (Fsp3) is 0.467. The molecule has 0 aliphatic carbocycles. The lowest BCUT2D eigenvalue weighted by Crippen LogP contribution is -2.36. The van der Waals surface area contributed by atoms with Crippen LogP contribution in [0.3, 0.4) is 0 Å². The van der Waals surface area contributed by atoms with E-state index >= 15 is 0 Å². The van der Waals surface area contributed by atoms with Crippen molar-refractivity contribution >= 4 is 11.6 Å². The Bertz CT molecular complexity index is 575. The van der Waals surface area contributed by atoms with Crippen LogP contribution in [0.4, 0.5) is 0 Å². The molecule has 1 aromatic carbocycles. The first-order valence-electron chi connectivity index (χ1n) is 6.80. The van der Waals surface area contributed by atoms with Gasteiger partial charge in [-0.1, -0.05) is 37.6 Å². The predicted octanol–water partition coefficient (Wildman–Crippen LogP) is 3.00. The molecule has 1 heterocycles. The molecule has 0 aliphatic rings. The molecule has 4 nitrogen and oxygen atoms in total. The minimum atomic E-state index is -0.521. The van der Waals surface area contributed by atoms with Gasteiger partial charge in [0.25, 0.3) is 0 Å². The smallest absolute Gasteiger partial charge is 0.138 e. The second-order valence-electron chi connectivity index (χ2n) is 5.86. The van der Waals surface area contributed by atoms with Crippen molar-refractivity contribution in [3.05, 3.63) is 47.0 Å². The van der Waals surface area contributed by atoms with E-state index in [2.05, 4.69) is 23.9 Å². The van der Waals surface area contributed by atoms with Crippen LogP contribution in [0.1, 0.15) is 32.2 Å². The molecule has 20 heavy (non-hydrogen) atoms. The molecule has 0 bridgehead atoms. The van der Waals surface area contributed by atoms with Gasteiger partial charge in [0.1, 0.15) is 12.2 Å². The average molecular weight is 293 g/mol. The van der Waals surface area contributed by atoms with Crippen molar-refractivity contribution in [2.75, 3.05) is 0 Å². The number of halogens is 1. The summed E-state index contributed by atoms with van der Waals surface area (Å²) >= 11 is 6.04. The fourth-order valence-electron chi connectivity index (χ4n) is 2.20. The number of hydrogen-bond donors (Lipinski definition) is 1. The number of nitrogens with zero attached hydrogens (tertiary/aromatic N) is 3. The molecule has 0 amide bonds. The molecular weight excluding hydrogens is 272 g/mol. The topological polar surface area (TPSA) is 56.7 Å². The van der Waals surface area contributed by atoms with Crippen molar-refractivity contribution in [3.63, 3.8) is 0 Å². The van der Waals surface area contributed by atoms with Crippen molar-refractivity contribution in [2.45, 2.75) is 39.3 Å². The molecule has 108 valence electrons. The lowest BCUT2D eigenvalue weighted by atomic mass is 9.89. The van der Waals surface area contributed by atoms with Crippen LogP contribution in [0, 0.1) is 5.92 Å². The van der Waals surface area contributed by atoms with E-state index in [-0.39, 0.29) is 0 Å². The Morgan fingerprint density at radius 1 is 1.40 bits per heavy atom. The van der Waals surface area contributed by atoms with Gasteiger partial charge in [-0.15, -0.1) is 0 Å². The van der Waals surface area contributed by atoms with Crippen LogP contribution < -0.4 is 5.73 Å². The van der Waals surface area contributed by atoms with E-state index in [1.54, 1.807) is 6.33 Å². The van der Waals surface area contributed by atoms with Gasteiger partial charge in [-0.25, -0.2) is 9.67 Å². The Morgan fingerprint density at radius 3 is 2.80 bits per heavy atom. The molecule has 5 heteroatoms. The third kappa shape index (κ3) is 3.58. The molecule has 0 saturated heterocycles. The summed E-state index contributed by atoms with van der Waals surface area (Å²) in [4.78, 5) is 4.34. The van der Waals surface area contributed by atoms with Gasteiger partial charge >= 0.3 is 0 Å². The normalized spacial score (nSPS) is 14.5. The summed E-state index contributed by atoms with van der Waals surface area (Å²) < 4.78 is 1.93. The van der Waals surface area contributed by atoms with Crippen LogP contribution in [0.15, 0.2) is 30.6 Å². The summed E-state index contributed by atoms with van der Waals surface area (Å²) in [5.41, 5.74) is 6.94. The van der Waals surface area contributed by atoms with E-state index in [0.29, 0.717) is 17.4 Å². The fourth-order valence-corrected chi connectivity index (χ4v) is 2.39. The highest BCUT2D eigenvalue weighted by Gasteiger charge is 2.24. The van der Waals surface area contributed by atoms with Gasteiger partial charge in [-0.2, -0.15) is 5.10 Å². The first-order chi connectivity index (χ1) is 9.38. The number of aromatic nitrogens is 3. The average Bonchev–Trinajstić information content (AvgIpc) is 2.75. The van der Waals surface area contributed by atoms with Crippen LogP contribution in [0.25, 0.3) is 0 Å². The Hall–Kier alpha value is -1.39. The Labute approximate surface area is 125 Å². The van der Waals surface area contributed by atoms with E-state index in [1.165, 1.54) is 0 Å². The maximum absolute atomic E-state index is 6.46. The third-order valence-corrected chi connectivity index (χ3v) is 3.48. The SMILES string of the molecule is CC(C)Cn1ncnc1CC(C)(N)c1cccc(Cl)c1. The number of hydrogen-bond acceptors (Lipinski definition) is 3. The van der Waals surface area contributed by atoms with Crippen molar-refractivity contribution in [3.8, 4) is 0 Å². The quantitative estimate of drug-likeness (QED) is 0.921. The predicted molar refractivity (Wildman–Crippen MR) is 81.6 cm³/mol. The van der Waals surface area contributed by atoms with Crippen LogP contribution in [-0.2, 0) is 18.5 Å². The zero-order chi connectivity index (χ0) is 14.8. The molecule has 2 aromatic rings. The molecule has 0 radical (unpaired) electrons. The highest BCUT2D eigenvalue weighted by molar-refractivity contribution is 6.30. The molecular formula is C15H21ClN4. The van der Waals surface area contributed by atoms with Crippen LogP contribution in [0.5, 0.6) is 0 Å². The van der Waals surface area contributed by atoms with Crippen molar-refractivity contribution in [1.29, 1.82) is 0 Å². The van der Waals surface area contributed by atoms with E-state index in [1.807, 2.05) is 35.9 Å². The molecule has 0 fully saturated rings. The molecule has 1 atom stereocenters. The molecule has 2 rings (SSSR count). The molecule has 0 aliphatic heterocycles. The van der Waals surface area contributed by atoms with Crippen molar-refractivity contribution < 1.29 is 0 Å². The minimum Gasteiger partial charge on any atom is -0.321 e. The summed E-state index contributed by atoms with van der Waals surface area (Å²) in [6.45, 7) is 7.15. The van der Waals surface area contributed by atoms with Gasteiger partial charge in [0, 0.05) is 23.5 Å². The zero-order valence-electron chi connectivity index (χ0n) is 12.2. The number of benzene rings is 1. The molecule has 0 spiro atoms. The van der Waals surface area contributed by atoms with E-state index in [4.69, 9.17) is 17.3 Å². The second-order valence-corrected chi connectivity index (χ2v) is 6.29. The Morgan fingerprint density at radius 2 is 2.15 bits per heavy atom. The van der Waals surface area contributed by atoms with E-state index in [9.17, 15) is 0 Å². The molecule has 0 saturated carbocycles. The van der Waals surface area contributed by atoms with Crippen LogP contribution in [0.2, 0.25) is 5.02 Å². The van der Waals surface area contributed by atoms with Gasteiger partial charge in [-0.05, 0) is 30.5 Å². The highest BCUT2D eigenvalue weighted by Crippen LogP contribution is 2.24. The van der Waals surface area contributed by atoms with Crippen LogP contribution in [-0.4, -0.2) is 14.8 Å². The van der Waals surface area contributed by atoms with Gasteiger partial charge in [0.2, 0.25) is 0 Å². The largest absolute Gasteiger partial charge is 0.321 e. The standard InChI is InChI=1S/C15H21ClN4/c1-11(2)9-20-14(18-10-19-20)8-15(3,17)12-5-4-6-13(16)7-12/h4-7,10-11H,8-9,17H2,1-3H3. The summed E-state index contributed by atoms with van der Waals surface area (Å²) in [5.74, 6) is 1.43. The minimum absolute atomic E-state index is 0.519. The highest BCUT2D eigenvalue weighted by atomic mass is 35.5. The lowest BCUT2D eigenvalue weighted by Gasteiger charge is -2.25. The Kier molecular flexibility index (Phi) is 4.45. The van der Waals surface area contributed by atoms with E-state index < -0.39 is 5.54 Å². The molecule has 1 aromatic heterocycles. The maximum Gasteiger partial charge on any atom is 0.138 e. The molecule has 1 unspecified atom stereocenters. The monoisotopic (exact) mass is 292 g/mol. The summed E-state index contributed by atoms with van der Waals surface area (Å²) in [5, 5.41) is 4.97. The zero-order valence-corrected chi connectivity index (χ0v) is 12.9. The lowest BCUT2D eigenvalue weighted by molar-refractivity contribution is 0.422. The summed E-state index contributed by atoms with van der Waals surface area (Å²) in [6, 6.07) is 7.67. The third-order valence-electron chi connectivity index (χ3n) is 3.24. The van der Waals surface area contributed by atoms with Gasteiger partial charge in [-0.3, -0.25) is 0 Å². The molecule has 2 N–H and O–H groups in total. The van der Waals surface area contributed by atoms with E-state index in [0.717, 1.165) is 17.9 Å². The van der Waals surface area contributed by atoms with Gasteiger partial charge in [0.05, 0.1) is 0 Å². The van der Waals surface area contributed by atoms with Gasteiger partial charge < -0.3 is 5.73 Å². The number of rotatable bonds is 5. The summed E-state index contributed by atoms with van der Waals surface area (Å²) in [7, 11) is 0. The first-order valence-corrected chi connectivity index (χ1v) is 7.18. The first kappa shape index (κ1) is 15.0. The second kappa shape index (κ2) is 5.94. The number of nitrogens with two attached hydrogens (primary N) is 1. The Balaban J connectivity index is 2.22. The maximum atomic E-state index is 6.46. The van der Waals surface area contributed by atoms with Crippen molar-refractivity contribution in [1.82, 2.24) is 14.8 Å². The summed E-state index contributed by atoms with van der Waals surface area (Å²) in [6.07, 6.45) is 2.21. The van der Waals surface area contributed by atoms with Gasteiger partial charge in [0.15, 0.2) is 0 Å². The van der Waals surface area contributed by atoms with Crippen molar-refractivity contribution in [2.24, 2.45) is 11.7 Å².